The average Bonchev–Trinajstić information content (AvgIpc) is 3.12. The van der Waals surface area contributed by atoms with E-state index >= 15 is 0 Å². The second-order valence-corrected chi connectivity index (χ2v) is 5.85. The van der Waals surface area contributed by atoms with Crippen molar-refractivity contribution >= 4 is 39.8 Å². The lowest BCUT2D eigenvalue weighted by Gasteiger charge is -2.11. The highest BCUT2D eigenvalue weighted by Gasteiger charge is 2.17. The average molecular weight is 421 g/mol. The Bertz CT molecular complexity index is 815. The molecule has 136 valence electrons. The Morgan fingerprint density at radius 1 is 1.19 bits per heavy atom. The SMILES string of the molecule is CCOC(=O)CNC(=O)/C(=C/c1ccco1)NC(=O)c1ccccc1Br. The van der Waals surface area contributed by atoms with Gasteiger partial charge in [-0.1, -0.05) is 12.1 Å². The minimum atomic E-state index is -0.644. The third-order valence-electron chi connectivity index (χ3n) is 3.14. The van der Waals surface area contributed by atoms with Crippen molar-refractivity contribution in [2.45, 2.75) is 6.92 Å². The second-order valence-electron chi connectivity index (χ2n) is 5.00. The highest BCUT2D eigenvalue weighted by molar-refractivity contribution is 9.10. The summed E-state index contributed by atoms with van der Waals surface area (Å²) in [6.07, 6.45) is 2.81. The maximum atomic E-state index is 12.5. The summed E-state index contributed by atoms with van der Waals surface area (Å²) < 4.78 is 10.5. The number of rotatable bonds is 7. The monoisotopic (exact) mass is 420 g/mol. The van der Waals surface area contributed by atoms with Crippen LogP contribution in [0, 0.1) is 0 Å². The lowest BCUT2D eigenvalue weighted by Crippen LogP contribution is -2.37. The number of carbonyl (C=O) groups excluding carboxylic acids is 3. The fourth-order valence-corrected chi connectivity index (χ4v) is 2.43. The molecule has 0 saturated heterocycles. The molecule has 8 heteroatoms. The normalized spacial score (nSPS) is 10.9. The van der Waals surface area contributed by atoms with E-state index in [0.29, 0.717) is 15.8 Å². The van der Waals surface area contributed by atoms with Crippen molar-refractivity contribution in [1.29, 1.82) is 0 Å². The summed E-state index contributed by atoms with van der Waals surface area (Å²) in [4.78, 5) is 36.2. The molecule has 2 aromatic rings. The van der Waals surface area contributed by atoms with Crippen LogP contribution in [0.25, 0.3) is 6.08 Å². The van der Waals surface area contributed by atoms with Gasteiger partial charge in [0.05, 0.1) is 18.4 Å². The van der Waals surface area contributed by atoms with E-state index in [-0.39, 0.29) is 18.8 Å². The van der Waals surface area contributed by atoms with Crippen molar-refractivity contribution in [1.82, 2.24) is 10.6 Å². The molecule has 2 rings (SSSR count). The van der Waals surface area contributed by atoms with E-state index in [4.69, 9.17) is 9.15 Å². The van der Waals surface area contributed by atoms with Gasteiger partial charge in [0.2, 0.25) is 0 Å². The highest BCUT2D eigenvalue weighted by atomic mass is 79.9. The summed E-state index contributed by atoms with van der Waals surface area (Å²) in [7, 11) is 0. The van der Waals surface area contributed by atoms with Gasteiger partial charge in [-0.3, -0.25) is 14.4 Å². The first kappa shape index (κ1) is 19.5. The zero-order valence-corrected chi connectivity index (χ0v) is 15.5. The van der Waals surface area contributed by atoms with Crippen LogP contribution in [0.2, 0.25) is 0 Å². The number of hydrogen-bond donors (Lipinski definition) is 2. The summed E-state index contributed by atoms with van der Waals surface area (Å²) in [5.41, 5.74) is 0.293. The van der Waals surface area contributed by atoms with E-state index < -0.39 is 17.8 Å². The van der Waals surface area contributed by atoms with Crippen LogP contribution >= 0.6 is 15.9 Å². The summed E-state index contributed by atoms with van der Waals surface area (Å²) in [6, 6.07) is 10.1. The zero-order chi connectivity index (χ0) is 18.9. The van der Waals surface area contributed by atoms with Crippen LogP contribution in [0.1, 0.15) is 23.0 Å². The van der Waals surface area contributed by atoms with Gasteiger partial charge >= 0.3 is 5.97 Å². The third kappa shape index (κ3) is 5.59. The minimum Gasteiger partial charge on any atom is -0.465 e. The molecule has 0 fully saturated rings. The number of nitrogens with one attached hydrogen (secondary N) is 2. The van der Waals surface area contributed by atoms with Gasteiger partial charge in [-0.15, -0.1) is 0 Å². The van der Waals surface area contributed by atoms with Gasteiger partial charge < -0.3 is 19.8 Å². The molecule has 0 radical (unpaired) electrons. The van der Waals surface area contributed by atoms with Crippen molar-refractivity contribution in [2.24, 2.45) is 0 Å². The summed E-state index contributed by atoms with van der Waals surface area (Å²) in [5, 5.41) is 4.94. The topological polar surface area (TPSA) is 97.6 Å². The number of halogens is 1. The fraction of sp³-hybridized carbons (Fsp3) is 0.167. The molecule has 1 heterocycles. The molecule has 2 amide bonds. The van der Waals surface area contributed by atoms with Gasteiger partial charge in [0.25, 0.3) is 11.8 Å². The van der Waals surface area contributed by atoms with Gasteiger partial charge in [0.15, 0.2) is 0 Å². The number of carbonyl (C=O) groups is 3. The maximum absolute atomic E-state index is 12.5. The molecule has 0 saturated carbocycles. The summed E-state index contributed by atoms with van der Waals surface area (Å²) >= 11 is 3.29. The fourth-order valence-electron chi connectivity index (χ4n) is 1.97. The first-order valence-corrected chi connectivity index (χ1v) is 8.55. The minimum absolute atomic E-state index is 0.0648. The molecule has 0 aliphatic rings. The number of ether oxygens (including phenoxy) is 1. The van der Waals surface area contributed by atoms with Crippen molar-refractivity contribution in [3.63, 3.8) is 0 Å². The van der Waals surface area contributed by atoms with Crippen molar-refractivity contribution in [3.05, 3.63) is 64.2 Å². The number of amides is 2. The Morgan fingerprint density at radius 2 is 1.96 bits per heavy atom. The van der Waals surface area contributed by atoms with E-state index in [1.54, 1.807) is 43.3 Å². The molecule has 0 bridgehead atoms. The molecular weight excluding hydrogens is 404 g/mol. The third-order valence-corrected chi connectivity index (χ3v) is 3.83. The maximum Gasteiger partial charge on any atom is 0.325 e. The molecule has 1 aromatic heterocycles. The van der Waals surface area contributed by atoms with Crippen LogP contribution in [-0.2, 0) is 14.3 Å². The van der Waals surface area contributed by atoms with E-state index in [0.717, 1.165) is 0 Å². The molecule has 26 heavy (non-hydrogen) atoms. The summed E-state index contributed by atoms with van der Waals surface area (Å²) in [6.45, 7) is 1.57. The van der Waals surface area contributed by atoms with Crippen molar-refractivity contribution in [2.75, 3.05) is 13.2 Å². The Kier molecular flexibility index (Phi) is 7.16. The van der Waals surface area contributed by atoms with Gasteiger partial charge in [-0.05, 0) is 47.1 Å². The lowest BCUT2D eigenvalue weighted by atomic mass is 10.2. The molecule has 0 aliphatic heterocycles. The quantitative estimate of drug-likeness (QED) is 0.529. The Hall–Kier alpha value is -2.87. The van der Waals surface area contributed by atoms with Crippen LogP contribution in [0.15, 0.2) is 57.2 Å². The molecule has 1 aromatic carbocycles. The molecule has 0 unspecified atom stereocenters. The number of hydrogen-bond acceptors (Lipinski definition) is 5. The van der Waals surface area contributed by atoms with E-state index in [1.165, 1.54) is 12.3 Å². The van der Waals surface area contributed by atoms with Crippen LogP contribution < -0.4 is 10.6 Å². The Labute approximate surface area is 158 Å². The number of esters is 1. The molecule has 0 atom stereocenters. The predicted molar refractivity (Wildman–Crippen MR) is 97.9 cm³/mol. The van der Waals surface area contributed by atoms with Gasteiger partial charge in [-0.25, -0.2) is 0 Å². The van der Waals surface area contributed by atoms with Crippen LogP contribution in [0.5, 0.6) is 0 Å². The van der Waals surface area contributed by atoms with Crippen LogP contribution in [-0.4, -0.2) is 30.9 Å². The lowest BCUT2D eigenvalue weighted by molar-refractivity contribution is -0.143. The first-order valence-electron chi connectivity index (χ1n) is 7.76. The zero-order valence-electron chi connectivity index (χ0n) is 14.0. The first-order chi connectivity index (χ1) is 12.5. The predicted octanol–water partition coefficient (Wildman–Crippen LogP) is 2.49. The Balaban J connectivity index is 2.16. The number of benzene rings is 1. The molecular formula is C18H17BrN2O5. The largest absolute Gasteiger partial charge is 0.465 e. The van der Waals surface area contributed by atoms with Gasteiger partial charge in [-0.2, -0.15) is 0 Å². The smallest absolute Gasteiger partial charge is 0.325 e. The summed E-state index contributed by atoms with van der Waals surface area (Å²) in [5.74, 6) is -1.33. The van der Waals surface area contributed by atoms with Crippen molar-refractivity contribution in [3.8, 4) is 0 Å². The molecule has 7 nitrogen and oxygen atoms in total. The molecule has 2 N–H and O–H groups in total. The van der Waals surface area contributed by atoms with E-state index in [9.17, 15) is 14.4 Å². The molecule has 0 aliphatic carbocycles. The highest BCUT2D eigenvalue weighted by Crippen LogP contribution is 2.16. The standard InChI is InChI=1S/C18H17BrN2O5/c1-2-25-16(22)11-20-18(24)15(10-12-6-5-9-26-12)21-17(23)13-7-3-4-8-14(13)19/h3-10H,2,11H2,1H3,(H,20,24)(H,21,23)/b15-10-. The van der Waals surface area contributed by atoms with E-state index in [2.05, 4.69) is 26.6 Å². The van der Waals surface area contributed by atoms with Crippen LogP contribution in [0.4, 0.5) is 0 Å². The second kappa shape index (κ2) is 9.57. The van der Waals surface area contributed by atoms with E-state index in [1.807, 2.05) is 0 Å². The van der Waals surface area contributed by atoms with Crippen molar-refractivity contribution < 1.29 is 23.5 Å². The Morgan fingerprint density at radius 3 is 2.62 bits per heavy atom. The van der Waals surface area contributed by atoms with Crippen LogP contribution in [0.3, 0.4) is 0 Å². The van der Waals surface area contributed by atoms with Gasteiger partial charge in [0.1, 0.15) is 18.0 Å². The molecule has 0 spiro atoms. The number of furan rings is 1. The van der Waals surface area contributed by atoms with Gasteiger partial charge in [0, 0.05) is 10.5 Å².